The Morgan fingerprint density at radius 1 is 0.750 bits per heavy atom. The zero-order valence-corrected chi connectivity index (χ0v) is 30.9. The molecule has 2 aromatic carbocycles. The highest BCUT2D eigenvalue weighted by atomic mass is 16.4. The Morgan fingerprint density at radius 3 is 1.85 bits per heavy atom. The third-order valence-electron chi connectivity index (χ3n) is 9.05. The van der Waals surface area contributed by atoms with Crippen molar-refractivity contribution >= 4 is 29.6 Å². The lowest BCUT2D eigenvalue weighted by Crippen LogP contribution is -2.60. The summed E-state index contributed by atoms with van der Waals surface area (Å²) in [5, 5.41) is 47.4. The van der Waals surface area contributed by atoms with Crippen LogP contribution < -0.4 is 21.7 Å². The number of carbonyl (C=O) groups is 5. The Morgan fingerprint density at radius 2 is 1.31 bits per heavy atom. The van der Waals surface area contributed by atoms with Gasteiger partial charge in [0.15, 0.2) is 0 Å². The average Bonchev–Trinajstić information content (AvgIpc) is 3.11. The lowest BCUT2D eigenvalue weighted by molar-refractivity contribution is -0.146. The summed E-state index contributed by atoms with van der Waals surface area (Å²) in [6.45, 7) is 6.91. The van der Waals surface area contributed by atoms with Gasteiger partial charge >= 0.3 is 5.97 Å². The van der Waals surface area contributed by atoms with E-state index in [0.29, 0.717) is 12.0 Å². The third kappa shape index (κ3) is 14.1. The standard InChI is InChI=1S/C38H57N5O9/c1-6-7-8-9-10-11-29(39)33(46)36(49)40-24(4)34(47)42-32(23(2)3)37(50)43(5)31(22-26-14-19-28(45)20-15-26)35(48)41-30(38(51)52)21-16-25-12-17-27(44)18-13-25/h12-15,17-20,23-24,29-33,44-46H,6-11,16,21-22,39H2,1-5H3,(H,40,49)(H,41,48)(H,42,47)(H,51,52)/t24-,29+,30-,31-,32-,33-/m0/s1. The zero-order chi connectivity index (χ0) is 39.0. The van der Waals surface area contributed by atoms with E-state index in [1.807, 2.05) is 0 Å². The molecular weight excluding hydrogens is 670 g/mol. The van der Waals surface area contributed by atoms with Crippen LogP contribution in [-0.2, 0) is 36.8 Å². The molecule has 52 heavy (non-hydrogen) atoms. The number of hydrogen-bond acceptors (Lipinski definition) is 9. The molecule has 0 aliphatic heterocycles. The van der Waals surface area contributed by atoms with E-state index >= 15 is 0 Å². The topological polar surface area (TPSA) is 232 Å². The van der Waals surface area contributed by atoms with E-state index in [1.165, 1.54) is 38.2 Å². The van der Waals surface area contributed by atoms with Gasteiger partial charge in [-0.05, 0) is 67.5 Å². The second-order valence-corrected chi connectivity index (χ2v) is 13.7. The summed E-state index contributed by atoms with van der Waals surface area (Å²) in [4.78, 5) is 67.1. The molecule has 0 fully saturated rings. The van der Waals surface area contributed by atoms with Crippen molar-refractivity contribution in [2.45, 2.75) is 122 Å². The number of hydrogen-bond donors (Lipinski definition) is 8. The van der Waals surface area contributed by atoms with Gasteiger partial charge in [0, 0.05) is 19.5 Å². The molecule has 9 N–H and O–H groups in total. The molecule has 14 nitrogen and oxygen atoms in total. The van der Waals surface area contributed by atoms with E-state index < -0.39 is 71.8 Å². The minimum absolute atomic E-state index is 0.00457. The molecule has 288 valence electrons. The summed E-state index contributed by atoms with van der Waals surface area (Å²) in [5.74, 6) is -4.57. The molecular formula is C38H57N5O9. The fraction of sp³-hybridized carbons (Fsp3) is 0.553. The van der Waals surface area contributed by atoms with Crippen LogP contribution in [0.25, 0.3) is 0 Å². The molecule has 0 saturated heterocycles. The maximum Gasteiger partial charge on any atom is 0.326 e. The van der Waals surface area contributed by atoms with Crippen LogP contribution in [0.15, 0.2) is 48.5 Å². The molecule has 0 radical (unpaired) electrons. The van der Waals surface area contributed by atoms with Crippen LogP contribution in [-0.4, -0.2) is 98.3 Å². The van der Waals surface area contributed by atoms with Gasteiger partial charge in [-0.1, -0.05) is 77.1 Å². The van der Waals surface area contributed by atoms with Gasteiger partial charge in [-0.25, -0.2) is 4.79 Å². The first-order chi connectivity index (χ1) is 24.5. The highest BCUT2D eigenvalue weighted by Gasteiger charge is 2.36. The average molecular weight is 728 g/mol. The van der Waals surface area contributed by atoms with Crippen molar-refractivity contribution in [3.63, 3.8) is 0 Å². The highest BCUT2D eigenvalue weighted by molar-refractivity contribution is 5.95. The summed E-state index contributed by atoms with van der Waals surface area (Å²) in [6.07, 6.45) is 4.12. The molecule has 2 rings (SSSR count). The molecule has 6 atom stereocenters. The van der Waals surface area contributed by atoms with E-state index in [4.69, 9.17) is 5.73 Å². The molecule has 0 heterocycles. The van der Waals surface area contributed by atoms with E-state index in [1.54, 1.807) is 38.1 Å². The molecule has 0 bridgehead atoms. The first-order valence-electron chi connectivity index (χ1n) is 18.0. The van der Waals surface area contributed by atoms with Crippen LogP contribution in [0.3, 0.4) is 0 Å². The van der Waals surface area contributed by atoms with Gasteiger partial charge < -0.3 is 47.0 Å². The van der Waals surface area contributed by atoms with Gasteiger partial charge in [0.2, 0.25) is 17.7 Å². The largest absolute Gasteiger partial charge is 0.508 e. The molecule has 14 heteroatoms. The number of carbonyl (C=O) groups excluding carboxylic acids is 4. The monoisotopic (exact) mass is 727 g/mol. The number of amides is 4. The Bertz CT molecular complexity index is 1450. The maximum atomic E-state index is 14.0. The highest BCUT2D eigenvalue weighted by Crippen LogP contribution is 2.17. The quantitative estimate of drug-likeness (QED) is 0.0826. The van der Waals surface area contributed by atoms with Gasteiger partial charge in [-0.15, -0.1) is 0 Å². The molecule has 2 aromatic rings. The number of aryl methyl sites for hydroxylation is 1. The normalized spacial score (nSPS) is 14.7. The second-order valence-electron chi connectivity index (χ2n) is 13.7. The molecule has 0 aromatic heterocycles. The van der Waals surface area contributed by atoms with Crippen molar-refractivity contribution in [1.29, 1.82) is 0 Å². The predicted octanol–water partition coefficient (Wildman–Crippen LogP) is 2.36. The van der Waals surface area contributed by atoms with E-state index in [9.17, 15) is 44.4 Å². The second kappa shape index (κ2) is 21.6. The molecule has 0 saturated carbocycles. The Balaban J connectivity index is 2.18. The number of carboxylic acids is 1. The lowest BCUT2D eigenvalue weighted by atomic mass is 9.98. The summed E-state index contributed by atoms with van der Waals surface area (Å²) >= 11 is 0. The number of aliphatic carboxylic acids is 1. The van der Waals surface area contributed by atoms with Crippen LogP contribution >= 0.6 is 0 Å². The summed E-state index contributed by atoms with van der Waals surface area (Å²) < 4.78 is 0. The number of unbranched alkanes of at least 4 members (excludes halogenated alkanes) is 4. The van der Waals surface area contributed by atoms with Crippen molar-refractivity contribution in [3.05, 3.63) is 59.7 Å². The minimum Gasteiger partial charge on any atom is -0.508 e. The van der Waals surface area contributed by atoms with Crippen molar-refractivity contribution in [1.82, 2.24) is 20.9 Å². The molecule has 0 aliphatic rings. The van der Waals surface area contributed by atoms with Crippen molar-refractivity contribution < 1.29 is 44.4 Å². The number of phenolic OH excluding ortho intramolecular Hbond substituents is 2. The number of aliphatic hydroxyl groups excluding tert-OH is 1. The molecule has 0 spiro atoms. The number of nitrogens with two attached hydrogens (primary N) is 1. The fourth-order valence-electron chi connectivity index (χ4n) is 5.62. The van der Waals surface area contributed by atoms with E-state index in [-0.39, 0.29) is 30.8 Å². The number of rotatable bonds is 22. The van der Waals surface area contributed by atoms with Crippen LogP contribution in [0.2, 0.25) is 0 Å². The van der Waals surface area contributed by atoms with E-state index in [0.717, 1.165) is 42.6 Å². The fourth-order valence-corrected chi connectivity index (χ4v) is 5.62. The molecule has 0 aliphatic carbocycles. The summed E-state index contributed by atoms with van der Waals surface area (Å²) in [6, 6.07) is 6.64. The first-order valence-corrected chi connectivity index (χ1v) is 18.0. The number of phenols is 2. The molecule has 0 unspecified atom stereocenters. The van der Waals surface area contributed by atoms with Crippen LogP contribution in [0.4, 0.5) is 0 Å². The smallest absolute Gasteiger partial charge is 0.326 e. The maximum absolute atomic E-state index is 14.0. The lowest BCUT2D eigenvalue weighted by Gasteiger charge is -2.33. The van der Waals surface area contributed by atoms with Gasteiger partial charge in [0.1, 0.15) is 41.8 Å². The van der Waals surface area contributed by atoms with Gasteiger partial charge in [-0.2, -0.15) is 0 Å². The number of nitrogens with zero attached hydrogens (tertiary/aromatic N) is 1. The van der Waals surface area contributed by atoms with Crippen molar-refractivity contribution in [3.8, 4) is 11.5 Å². The first kappa shape index (κ1) is 43.5. The van der Waals surface area contributed by atoms with Crippen LogP contribution in [0, 0.1) is 5.92 Å². The SMILES string of the molecule is CCCCCCC[C@@H](N)[C@H](O)C(=O)N[C@@H](C)C(=O)N[C@H](C(=O)N(C)[C@@H](Cc1ccc(O)cc1)C(=O)N[C@@H](CCc1ccc(O)cc1)C(=O)O)C(C)C. The number of likely N-dealkylation sites (N-methyl/N-ethyl adjacent to an activating group) is 1. The van der Waals surface area contributed by atoms with Crippen molar-refractivity contribution in [2.24, 2.45) is 11.7 Å². The van der Waals surface area contributed by atoms with E-state index in [2.05, 4.69) is 22.9 Å². The minimum atomic E-state index is -1.52. The Kier molecular flexibility index (Phi) is 18.1. The number of aliphatic hydroxyl groups is 1. The van der Waals surface area contributed by atoms with Gasteiger partial charge in [-0.3, -0.25) is 19.2 Å². The predicted molar refractivity (Wildman–Crippen MR) is 196 cm³/mol. The number of benzene rings is 2. The summed E-state index contributed by atoms with van der Waals surface area (Å²) in [5.41, 5.74) is 7.37. The van der Waals surface area contributed by atoms with Gasteiger partial charge in [0.25, 0.3) is 5.91 Å². The zero-order valence-electron chi connectivity index (χ0n) is 30.9. The Hall–Kier alpha value is -4.69. The van der Waals surface area contributed by atoms with Gasteiger partial charge in [0.05, 0.1) is 0 Å². The van der Waals surface area contributed by atoms with Crippen LogP contribution in [0.5, 0.6) is 11.5 Å². The molecule has 4 amide bonds. The Labute approximate surface area is 306 Å². The third-order valence-corrected chi connectivity index (χ3v) is 9.05. The van der Waals surface area contributed by atoms with Crippen LogP contribution in [0.1, 0.15) is 83.8 Å². The summed E-state index contributed by atoms with van der Waals surface area (Å²) in [7, 11) is 1.38. The number of nitrogens with one attached hydrogen (secondary N) is 3. The van der Waals surface area contributed by atoms with Crippen molar-refractivity contribution in [2.75, 3.05) is 7.05 Å². The number of carboxylic acid groups (broad SMARTS) is 1. The number of aromatic hydroxyl groups is 2.